The molecule has 3 rings (SSSR count). The molecular formula is C15H14N2O2S. The molecule has 2 heterocycles. The van der Waals surface area contributed by atoms with Gasteiger partial charge < -0.3 is 4.57 Å². The van der Waals surface area contributed by atoms with Crippen LogP contribution in [0.5, 0.6) is 0 Å². The lowest BCUT2D eigenvalue weighted by molar-refractivity contribution is -0.134. The number of benzene rings is 1. The summed E-state index contributed by atoms with van der Waals surface area (Å²) in [5, 5.41) is 0.994. The van der Waals surface area contributed by atoms with Gasteiger partial charge in [-0.2, -0.15) is 0 Å². The number of para-hydroxylation sites is 1. The standard InChI is InChI=1S/C15H14N2O2S/c1-16-8-10(9-6-4-5-7-11(9)16)12-13(20-3)15(19)17(2)14(12)18/h4-8H,1-3H3. The molecule has 0 N–H and O–H groups in total. The van der Waals surface area contributed by atoms with Crippen LogP contribution in [0.3, 0.4) is 0 Å². The molecule has 20 heavy (non-hydrogen) atoms. The van der Waals surface area contributed by atoms with Gasteiger partial charge in [-0.25, -0.2) is 0 Å². The molecule has 0 radical (unpaired) electrons. The van der Waals surface area contributed by atoms with E-state index in [1.165, 1.54) is 23.7 Å². The highest BCUT2D eigenvalue weighted by Crippen LogP contribution is 2.37. The molecule has 2 aromatic rings. The van der Waals surface area contributed by atoms with Gasteiger partial charge >= 0.3 is 0 Å². The van der Waals surface area contributed by atoms with Crippen molar-refractivity contribution in [2.75, 3.05) is 13.3 Å². The Morgan fingerprint density at radius 3 is 2.45 bits per heavy atom. The predicted octanol–water partition coefficient (Wildman–Crippen LogP) is 2.25. The van der Waals surface area contributed by atoms with E-state index < -0.39 is 0 Å². The van der Waals surface area contributed by atoms with E-state index in [0.717, 1.165) is 16.5 Å². The van der Waals surface area contributed by atoms with Gasteiger partial charge in [0.15, 0.2) is 0 Å². The second-order valence-corrected chi connectivity index (χ2v) is 5.56. The molecule has 0 spiro atoms. The maximum Gasteiger partial charge on any atom is 0.267 e. The lowest BCUT2D eigenvalue weighted by atomic mass is 10.1. The second kappa shape index (κ2) is 4.52. The number of hydrogen-bond acceptors (Lipinski definition) is 3. The maximum absolute atomic E-state index is 12.4. The number of fused-ring (bicyclic) bond motifs is 1. The Labute approximate surface area is 121 Å². The number of carbonyl (C=O) groups is 2. The zero-order valence-electron chi connectivity index (χ0n) is 11.5. The van der Waals surface area contributed by atoms with Crippen molar-refractivity contribution in [2.24, 2.45) is 7.05 Å². The molecule has 0 atom stereocenters. The summed E-state index contributed by atoms with van der Waals surface area (Å²) >= 11 is 1.33. The molecule has 5 heteroatoms. The quantitative estimate of drug-likeness (QED) is 0.795. The van der Waals surface area contributed by atoms with Crippen molar-refractivity contribution in [1.29, 1.82) is 0 Å². The Hall–Kier alpha value is -2.01. The van der Waals surface area contributed by atoms with Crippen molar-refractivity contribution in [1.82, 2.24) is 9.47 Å². The minimum atomic E-state index is -0.226. The van der Waals surface area contributed by atoms with E-state index in [0.29, 0.717) is 10.5 Å². The molecule has 4 nitrogen and oxygen atoms in total. The maximum atomic E-state index is 12.4. The highest BCUT2D eigenvalue weighted by atomic mass is 32.2. The Kier molecular flexibility index (Phi) is 2.94. The van der Waals surface area contributed by atoms with Gasteiger partial charge in [0.25, 0.3) is 11.8 Å². The number of carbonyl (C=O) groups excluding carboxylic acids is 2. The van der Waals surface area contributed by atoms with Crippen molar-refractivity contribution in [3.8, 4) is 0 Å². The first-order valence-electron chi connectivity index (χ1n) is 6.21. The summed E-state index contributed by atoms with van der Waals surface area (Å²) in [6.45, 7) is 0. The summed E-state index contributed by atoms with van der Waals surface area (Å²) in [6, 6.07) is 7.88. The number of thioether (sulfide) groups is 1. The van der Waals surface area contributed by atoms with Gasteiger partial charge in [0.05, 0.1) is 10.5 Å². The number of likely N-dealkylation sites (N-methyl/N-ethyl adjacent to an activating group) is 1. The fourth-order valence-electron chi connectivity index (χ4n) is 2.58. The van der Waals surface area contributed by atoms with Gasteiger partial charge in [0, 0.05) is 36.8 Å². The molecule has 1 aliphatic rings. The largest absolute Gasteiger partial charge is 0.350 e. The lowest BCUT2D eigenvalue weighted by Gasteiger charge is -2.05. The van der Waals surface area contributed by atoms with Crippen LogP contribution in [-0.2, 0) is 16.6 Å². The van der Waals surface area contributed by atoms with Gasteiger partial charge in [0.1, 0.15) is 0 Å². The van der Waals surface area contributed by atoms with Crippen LogP contribution in [0.2, 0.25) is 0 Å². The average molecular weight is 286 g/mol. The van der Waals surface area contributed by atoms with Crippen LogP contribution in [0.1, 0.15) is 5.56 Å². The average Bonchev–Trinajstić information content (AvgIpc) is 2.89. The van der Waals surface area contributed by atoms with Gasteiger partial charge in [0.2, 0.25) is 0 Å². The van der Waals surface area contributed by atoms with Crippen LogP contribution in [0.15, 0.2) is 35.4 Å². The zero-order chi connectivity index (χ0) is 14.4. The van der Waals surface area contributed by atoms with Crippen LogP contribution >= 0.6 is 11.8 Å². The molecule has 1 aromatic heterocycles. The van der Waals surface area contributed by atoms with Crippen LogP contribution < -0.4 is 0 Å². The van der Waals surface area contributed by atoms with Crippen molar-refractivity contribution in [3.63, 3.8) is 0 Å². The topological polar surface area (TPSA) is 42.3 Å². The third-order valence-corrected chi connectivity index (χ3v) is 4.40. The van der Waals surface area contributed by atoms with E-state index in [1.54, 1.807) is 0 Å². The molecule has 102 valence electrons. The summed E-state index contributed by atoms with van der Waals surface area (Å²) in [7, 11) is 3.47. The van der Waals surface area contributed by atoms with Crippen molar-refractivity contribution < 1.29 is 9.59 Å². The third kappa shape index (κ3) is 1.63. The second-order valence-electron chi connectivity index (χ2n) is 4.75. The summed E-state index contributed by atoms with van der Waals surface area (Å²) < 4.78 is 1.98. The predicted molar refractivity (Wildman–Crippen MR) is 81.1 cm³/mol. The minimum absolute atomic E-state index is 0.217. The number of imide groups is 1. The Morgan fingerprint density at radius 1 is 1.05 bits per heavy atom. The summed E-state index contributed by atoms with van der Waals surface area (Å²) in [4.78, 5) is 26.2. The summed E-state index contributed by atoms with van der Waals surface area (Å²) in [5.41, 5.74) is 2.39. The van der Waals surface area contributed by atoms with Gasteiger partial charge in [-0.3, -0.25) is 14.5 Å². The Balaban J connectivity index is 2.33. The van der Waals surface area contributed by atoms with Gasteiger partial charge in [-0.05, 0) is 12.3 Å². The highest BCUT2D eigenvalue weighted by molar-refractivity contribution is 8.03. The number of rotatable bonds is 2. The van der Waals surface area contributed by atoms with Crippen LogP contribution in [0.4, 0.5) is 0 Å². The smallest absolute Gasteiger partial charge is 0.267 e. The van der Waals surface area contributed by atoms with E-state index in [1.807, 2.05) is 48.3 Å². The fraction of sp³-hybridized carbons (Fsp3) is 0.200. The molecule has 2 amide bonds. The number of aryl methyl sites for hydroxylation is 1. The molecule has 0 unspecified atom stereocenters. The molecule has 1 aromatic carbocycles. The summed E-state index contributed by atoms with van der Waals surface area (Å²) in [6.07, 6.45) is 3.74. The number of nitrogens with zero attached hydrogens (tertiary/aromatic N) is 2. The van der Waals surface area contributed by atoms with Crippen LogP contribution in [0, 0.1) is 0 Å². The molecule has 0 saturated heterocycles. The number of aromatic nitrogens is 1. The van der Waals surface area contributed by atoms with Crippen molar-refractivity contribution in [3.05, 3.63) is 40.9 Å². The minimum Gasteiger partial charge on any atom is -0.350 e. The monoisotopic (exact) mass is 286 g/mol. The molecule has 0 bridgehead atoms. The molecule has 0 saturated carbocycles. The Morgan fingerprint density at radius 2 is 1.75 bits per heavy atom. The molecule has 1 aliphatic heterocycles. The van der Waals surface area contributed by atoms with Crippen molar-refractivity contribution in [2.45, 2.75) is 0 Å². The van der Waals surface area contributed by atoms with E-state index in [4.69, 9.17) is 0 Å². The van der Waals surface area contributed by atoms with Gasteiger partial charge in [-0.15, -0.1) is 11.8 Å². The van der Waals surface area contributed by atoms with Crippen LogP contribution in [-0.4, -0.2) is 34.6 Å². The number of hydrogen-bond donors (Lipinski definition) is 0. The first-order valence-corrected chi connectivity index (χ1v) is 7.43. The van der Waals surface area contributed by atoms with E-state index in [-0.39, 0.29) is 11.8 Å². The first kappa shape index (κ1) is 13.0. The van der Waals surface area contributed by atoms with Gasteiger partial charge in [-0.1, -0.05) is 18.2 Å². The number of amides is 2. The normalized spacial score (nSPS) is 15.8. The highest BCUT2D eigenvalue weighted by Gasteiger charge is 2.37. The fourth-order valence-corrected chi connectivity index (χ4v) is 3.30. The third-order valence-electron chi connectivity index (χ3n) is 3.61. The Bertz CT molecular complexity index is 773. The summed E-state index contributed by atoms with van der Waals surface area (Å²) in [5.74, 6) is -0.443. The molecule has 0 aliphatic carbocycles. The molecule has 0 fully saturated rings. The molecular weight excluding hydrogens is 272 g/mol. The van der Waals surface area contributed by atoms with E-state index >= 15 is 0 Å². The van der Waals surface area contributed by atoms with E-state index in [2.05, 4.69) is 0 Å². The van der Waals surface area contributed by atoms with Crippen molar-refractivity contribution >= 4 is 40.1 Å². The van der Waals surface area contributed by atoms with E-state index in [9.17, 15) is 9.59 Å². The van der Waals surface area contributed by atoms with Crippen LogP contribution in [0.25, 0.3) is 16.5 Å². The SMILES string of the molecule is CSC1=C(c2cn(C)c3ccccc23)C(=O)N(C)C1=O. The zero-order valence-corrected chi connectivity index (χ0v) is 12.3. The first-order chi connectivity index (χ1) is 9.56. The lowest BCUT2D eigenvalue weighted by Crippen LogP contribution is -2.26.